The van der Waals surface area contributed by atoms with E-state index in [2.05, 4.69) is 55.3 Å². The Morgan fingerprint density at radius 3 is 2.27 bits per heavy atom. The van der Waals surface area contributed by atoms with Crippen molar-refractivity contribution in [3.8, 4) is 11.3 Å². The van der Waals surface area contributed by atoms with Crippen LogP contribution in [0.3, 0.4) is 0 Å². The van der Waals surface area contributed by atoms with Gasteiger partial charge in [-0.15, -0.1) is 0 Å². The topological polar surface area (TPSA) is 50.4 Å². The highest BCUT2D eigenvalue weighted by molar-refractivity contribution is 7.99. The van der Waals surface area contributed by atoms with E-state index in [1.165, 1.54) is 11.8 Å². The van der Waals surface area contributed by atoms with Gasteiger partial charge in [0.15, 0.2) is 0 Å². The molecule has 3 aromatic rings. The molecule has 0 amide bonds. The molecule has 1 heterocycles. The molecule has 0 spiro atoms. The fourth-order valence-corrected chi connectivity index (χ4v) is 3.69. The van der Waals surface area contributed by atoms with Gasteiger partial charge in [0.1, 0.15) is 10.7 Å². The van der Waals surface area contributed by atoms with E-state index in [1.54, 1.807) is 11.8 Å². The Morgan fingerprint density at radius 1 is 1.04 bits per heavy atom. The Morgan fingerprint density at radius 2 is 1.69 bits per heavy atom. The van der Waals surface area contributed by atoms with Crippen LogP contribution in [-0.2, 0) is 12.5 Å². The van der Waals surface area contributed by atoms with E-state index in [0.29, 0.717) is 0 Å². The van der Waals surface area contributed by atoms with E-state index in [1.807, 2.05) is 42.1 Å². The smallest absolute Gasteiger partial charge is 0.108 e. The van der Waals surface area contributed by atoms with Crippen LogP contribution in [-0.4, -0.2) is 21.2 Å². The molecule has 0 atom stereocenters. The highest BCUT2D eigenvalue weighted by Gasteiger charge is 2.18. The van der Waals surface area contributed by atoms with Gasteiger partial charge in [-0.05, 0) is 23.1 Å². The van der Waals surface area contributed by atoms with Crippen molar-refractivity contribution in [2.45, 2.75) is 36.1 Å². The minimum absolute atomic E-state index is 0.130. The number of nitrogens with zero attached hydrogens (tertiary/aromatic N) is 3. The van der Waals surface area contributed by atoms with Gasteiger partial charge in [-0.25, -0.2) is 0 Å². The van der Waals surface area contributed by atoms with Gasteiger partial charge in [-0.1, -0.05) is 80.2 Å². The van der Waals surface area contributed by atoms with Crippen molar-refractivity contribution >= 4 is 18.0 Å². The standard InChI is InChI=1S/C21H23N3OS/c1-21(2,3)16-10-12-17(13-11-16)26-20-18(14-22-25)19(23-24(20)4)15-8-6-5-7-9-15/h5-14,25H,1-4H3/b22-14-. The quantitative estimate of drug-likeness (QED) is 0.385. The Hall–Kier alpha value is -2.53. The van der Waals surface area contributed by atoms with Crippen LogP contribution in [0.1, 0.15) is 31.9 Å². The molecule has 0 saturated heterocycles. The SMILES string of the molecule is Cn1nc(-c2ccccc2)c(/C=N\O)c1Sc1ccc(C(C)(C)C)cc1. The summed E-state index contributed by atoms with van der Waals surface area (Å²) >= 11 is 1.61. The molecule has 0 aliphatic carbocycles. The summed E-state index contributed by atoms with van der Waals surface area (Å²) in [5, 5.41) is 18.0. The summed E-state index contributed by atoms with van der Waals surface area (Å²) in [5.41, 5.74) is 4.04. The Labute approximate surface area is 158 Å². The third-order valence-electron chi connectivity index (χ3n) is 4.20. The van der Waals surface area contributed by atoms with Crippen molar-refractivity contribution in [1.82, 2.24) is 9.78 Å². The molecule has 4 nitrogen and oxygen atoms in total. The first-order valence-electron chi connectivity index (χ1n) is 8.48. The number of hydrogen-bond acceptors (Lipinski definition) is 4. The maximum atomic E-state index is 9.14. The monoisotopic (exact) mass is 365 g/mol. The van der Waals surface area contributed by atoms with Crippen molar-refractivity contribution in [2.24, 2.45) is 12.2 Å². The van der Waals surface area contributed by atoms with Crippen LogP contribution < -0.4 is 0 Å². The second kappa shape index (κ2) is 7.38. The largest absolute Gasteiger partial charge is 0.411 e. The molecule has 0 aliphatic rings. The van der Waals surface area contributed by atoms with Gasteiger partial charge in [-0.3, -0.25) is 4.68 Å². The number of rotatable bonds is 4. The molecule has 0 aliphatic heterocycles. The van der Waals surface area contributed by atoms with Crippen molar-refractivity contribution in [3.05, 3.63) is 65.7 Å². The lowest BCUT2D eigenvalue weighted by atomic mass is 9.87. The molecule has 0 bridgehead atoms. The van der Waals surface area contributed by atoms with Crippen LogP contribution in [0.5, 0.6) is 0 Å². The van der Waals surface area contributed by atoms with Gasteiger partial charge in [0, 0.05) is 17.5 Å². The second-order valence-electron chi connectivity index (χ2n) is 7.18. The van der Waals surface area contributed by atoms with Gasteiger partial charge in [-0.2, -0.15) is 5.10 Å². The summed E-state index contributed by atoms with van der Waals surface area (Å²) in [7, 11) is 1.91. The molecule has 134 valence electrons. The number of oxime groups is 1. The third-order valence-corrected chi connectivity index (χ3v) is 5.38. The molecule has 1 aromatic heterocycles. The van der Waals surface area contributed by atoms with E-state index in [-0.39, 0.29) is 5.41 Å². The van der Waals surface area contributed by atoms with Crippen molar-refractivity contribution in [1.29, 1.82) is 0 Å². The molecular formula is C21H23N3OS. The Kier molecular flexibility index (Phi) is 5.18. The van der Waals surface area contributed by atoms with Crippen molar-refractivity contribution < 1.29 is 5.21 Å². The summed E-state index contributed by atoms with van der Waals surface area (Å²) in [5.74, 6) is 0. The van der Waals surface area contributed by atoms with Crippen LogP contribution >= 0.6 is 11.8 Å². The molecule has 0 unspecified atom stereocenters. The van der Waals surface area contributed by atoms with Crippen molar-refractivity contribution in [3.63, 3.8) is 0 Å². The predicted octanol–water partition coefficient (Wildman–Crippen LogP) is 5.34. The van der Waals surface area contributed by atoms with Gasteiger partial charge in [0.2, 0.25) is 0 Å². The first-order valence-corrected chi connectivity index (χ1v) is 9.30. The predicted molar refractivity (Wildman–Crippen MR) is 107 cm³/mol. The maximum Gasteiger partial charge on any atom is 0.108 e. The van der Waals surface area contributed by atoms with Crippen LogP contribution in [0.15, 0.2) is 69.7 Å². The van der Waals surface area contributed by atoms with Gasteiger partial charge in [0.05, 0.1) is 11.8 Å². The number of aromatic nitrogens is 2. The first kappa shape index (κ1) is 18.3. The highest BCUT2D eigenvalue weighted by Crippen LogP contribution is 2.35. The summed E-state index contributed by atoms with van der Waals surface area (Å²) in [6.45, 7) is 6.62. The second-order valence-corrected chi connectivity index (χ2v) is 8.24. The molecule has 0 saturated carbocycles. The highest BCUT2D eigenvalue weighted by atomic mass is 32.2. The van der Waals surface area contributed by atoms with Gasteiger partial charge >= 0.3 is 0 Å². The number of benzene rings is 2. The van der Waals surface area contributed by atoms with E-state index < -0.39 is 0 Å². The van der Waals surface area contributed by atoms with Crippen LogP contribution in [0.4, 0.5) is 0 Å². The van der Waals surface area contributed by atoms with Gasteiger partial charge < -0.3 is 5.21 Å². The van der Waals surface area contributed by atoms with E-state index >= 15 is 0 Å². The molecule has 3 rings (SSSR count). The van der Waals surface area contributed by atoms with E-state index in [0.717, 1.165) is 26.7 Å². The molecule has 1 N–H and O–H groups in total. The normalized spacial score (nSPS) is 12.0. The Balaban J connectivity index is 1.99. The molecule has 26 heavy (non-hydrogen) atoms. The average molecular weight is 366 g/mol. The molecular weight excluding hydrogens is 342 g/mol. The third kappa shape index (κ3) is 3.83. The fraction of sp³-hybridized carbons (Fsp3) is 0.238. The lowest BCUT2D eigenvalue weighted by Crippen LogP contribution is -2.10. The molecule has 0 radical (unpaired) electrons. The minimum atomic E-state index is 0.130. The number of hydrogen-bond donors (Lipinski definition) is 1. The summed E-state index contributed by atoms with van der Waals surface area (Å²) in [4.78, 5) is 1.12. The van der Waals surface area contributed by atoms with Crippen LogP contribution in [0, 0.1) is 0 Å². The van der Waals surface area contributed by atoms with Crippen LogP contribution in [0.25, 0.3) is 11.3 Å². The van der Waals surface area contributed by atoms with Crippen molar-refractivity contribution in [2.75, 3.05) is 0 Å². The van der Waals surface area contributed by atoms with Crippen LogP contribution in [0.2, 0.25) is 0 Å². The first-order chi connectivity index (χ1) is 12.4. The molecule has 5 heteroatoms. The fourth-order valence-electron chi connectivity index (χ4n) is 2.76. The maximum absolute atomic E-state index is 9.14. The van der Waals surface area contributed by atoms with E-state index in [9.17, 15) is 0 Å². The lowest BCUT2D eigenvalue weighted by molar-refractivity contribution is 0.321. The van der Waals surface area contributed by atoms with Gasteiger partial charge in [0.25, 0.3) is 0 Å². The summed E-state index contributed by atoms with van der Waals surface area (Å²) in [6.07, 6.45) is 1.46. The zero-order valence-corrected chi connectivity index (χ0v) is 16.3. The molecule has 0 fully saturated rings. The average Bonchev–Trinajstić information content (AvgIpc) is 2.92. The molecule has 2 aromatic carbocycles. The minimum Gasteiger partial charge on any atom is -0.411 e. The number of aryl methyl sites for hydroxylation is 1. The lowest BCUT2D eigenvalue weighted by Gasteiger charge is -2.19. The zero-order chi connectivity index (χ0) is 18.7. The summed E-state index contributed by atoms with van der Waals surface area (Å²) in [6, 6.07) is 18.5. The zero-order valence-electron chi connectivity index (χ0n) is 15.5. The summed E-state index contributed by atoms with van der Waals surface area (Å²) < 4.78 is 1.84. The van der Waals surface area contributed by atoms with E-state index in [4.69, 9.17) is 5.21 Å². The Bertz CT molecular complexity index is 907.